The summed E-state index contributed by atoms with van der Waals surface area (Å²) in [5.41, 5.74) is 9.41. The van der Waals surface area contributed by atoms with Crippen LogP contribution in [0.25, 0.3) is 17.2 Å². The highest BCUT2D eigenvalue weighted by atomic mass is 28.3. The molecule has 7 rings (SSSR count). The van der Waals surface area contributed by atoms with E-state index in [9.17, 15) is 4.79 Å². The zero-order valence-electron chi connectivity index (χ0n) is 28.7. The van der Waals surface area contributed by atoms with Gasteiger partial charge in [0.05, 0.1) is 35.0 Å². The Kier molecular flexibility index (Phi) is 8.30. The lowest BCUT2D eigenvalue weighted by Crippen LogP contribution is -2.33. The summed E-state index contributed by atoms with van der Waals surface area (Å²) in [7, 11) is -1.29. The summed E-state index contributed by atoms with van der Waals surface area (Å²) in [6, 6.07) is 21.9. The number of carbonyl (C=O) groups excluding carboxylic acids is 1. The van der Waals surface area contributed by atoms with E-state index in [4.69, 9.17) is 14.7 Å². The molecule has 2 aromatic carbocycles. The molecule has 3 aromatic rings. The molecule has 244 valence electrons. The molecule has 48 heavy (non-hydrogen) atoms. The topological polar surface area (TPSA) is 78.8 Å². The molecule has 1 saturated heterocycles. The maximum Gasteiger partial charge on any atom is 0.338 e. The minimum Gasteiger partial charge on any atom is -0.462 e. The highest BCUT2D eigenvalue weighted by Gasteiger charge is 2.38. The number of ether oxygens (including phenoxy) is 1. The van der Waals surface area contributed by atoms with Crippen LogP contribution in [0.15, 0.2) is 112 Å². The van der Waals surface area contributed by atoms with E-state index in [0.29, 0.717) is 12.2 Å². The number of carbonyl (C=O) groups is 1. The fraction of sp³-hybridized carbons (Fsp3) is 0.293. The molecule has 5 heterocycles. The van der Waals surface area contributed by atoms with Gasteiger partial charge in [0.1, 0.15) is 0 Å². The van der Waals surface area contributed by atoms with E-state index in [0.717, 1.165) is 68.3 Å². The second kappa shape index (κ2) is 12.5. The Morgan fingerprint density at radius 2 is 1.54 bits per heavy atom. The van der Waals surface area contributed by atoms with Crippen molar-refractivity contribution in [3.8, 4) is 0 Å². The van der Waals surface area contributed by atoms with E-state index in [1.54, 1.807) is 0 Å². The molecule has 2 N–H and O–H groups in total. The van der Waals surface area contributed by atoms with Crippen LogP contribution in [0.1, 0.15) is 47.3 Å². The van der Waals surface area contributed by atoms with Crippen LogP contribution in [0.4, 0.5) is 0 Å². The second-order valence-electron chi connectivity index (χ2n) is 15.2. The van der Waals surface area contributed by atoms with Crippen molar-refractivity contribution in [1.82, 2.24) is 10.3 Å². The molecule has 4 aliphatic rings. The average molecular weight is 653 g/mol. The smallest absolute Gasteiger partial charge is 0.338 e. The van der Waals surface area contributed by atoms with Crippen molar-refractivity contribution in [2.24, 2.45) is 15.4 Å². The van der Waals surface area contributed by atoms with E-state index in [2.05, 4.69) is 124 Å². The predicted octanol–water partition coefficient (Wildman–Crippen LogP) is 6.88. The van der Waals surface area contributed by atoms with Gasteiger partial charge in [-0.15, -0.1) is 0 Å². The summed E-state index contributed by atoms with van der Waals surface area (Å²) in [4.78, 5) is 27.0. The highest BCUT2D eigenvalue weighted by molar-refractivity contribution is 6.76. The molecule has 0 amide bonds. The van der Waals surface area contributed by atoms with Crippen molar-refractivity contribution >= 4 is 42.7 Å². The summed E-state index contributed by atoms with van der Waals surface area (Å²) in [6.45, 7) is 14.1. The molecule has 6 nitrogen and oxygen atoms in total. The van der Waals surface area contributed by atoms with E-state index >= 15 is 0 Å². The van der Waals surface area contributed by atoms with Crippen molar-refractivity contribution < 1.29 is 9.53 Å². The fourth-order valence-electron chi connectivity index (χ4n) is 6.78. The van der Waals surface area contributed by atoms with Gasteiger partial charge in [-0.05, 0) is 96.7 Å². The molecule has 0 radical (unpaired) electrons. The number of H-pyrrole nitrogens is 1. The summed E-state index contributed by atoms with van der Waals surface area (Å²) in [5, 5.41) is 5.88. The molecule has 2 atom stereocenters. The van der Waals surface area contributed by atoms with Gasteiger partial charge < -0.3 is 15.0 Å². The summed E-state index contributed by atoms with van der Waals surface area (Å²) >= 11 is 0. The molecule has 2 unspecified atom stereocenters. The number of aromatic amines is 1. The van der Waals surface area contributed by atoms with Crippen molar-refractivity contribution in [1.29, 1.82) is 0 Å². The predicted molar refractivity (Wildman–Crippen MR) is 200 cm³/mol. The molecular formula is C41H44N4O2Si. The van der Waals surface area contributed by atoms with Crippen molar-refractivity contribution in [2.75, 3.05) is 6.61 Å². The lowest BCUT2D eigenvalue weighted by atomic mass is 9.83. The molecule has 0 aliphatic carbocycles. The zero-order chi connectivity index (χ0) is 33.6. The number of aryl methyl sites for hydroxylation is 1. The number of nitrogens with one attached hydrogen (secondary N) is 2. The number of hydrogen-bond donors (Lipinski definition) is 2. The van der Waals surface area contributed by atoms with Gasteiger partial charge in [0.2, 0.25) is 0 Å². The fourth-order valence-corrected chi connectivity index (χ4v) is 7.49. The van der Waals surface area contributed by atoms with Gasteiger partial charge in [0.25, 0.3) is 0 Å². The first kappa shape index (κ1) is 32.0. The monoisotopic (exact) mass is 652 g/mol. The lowest BCUT2D eigenvalue weighted by molar-refractivity contribution is 0.0525. The molecule has 1 fully saturated rings. The van der Waals surface area contributed by atoms with E-state index in [-0.39, 0.29) is 23.5 Å². The molecular weight excluding hydrogens is 609 g/mol. The Bertz CT molecular complexity index is 2080. The van der Waals surface area contributed by atoms with Crippen LogP contribution in [0, 0.1) is 12.3 Å². The van der Waals surface area contributed by atoms with Gasteiger partial charge in [-0.3, -0.25) is 0 Å². The third-order valence-corrected chi connectivity index (χ3v) is 11.3. The first-order valence-corrected chi connectivity index (χ1v) is 20.6. The molecule has 0 spiro atoms. The van der Waals surface area contributed by atoms with Gasteiger partial charge in [-0.2, -0.15) is 0 Å². The van der Waals surface area contributed by atoms with E-state index < -0.39 is 8.07 Å². The SMILES string of the molecule is Cc1ccc(C2=C3C=CC(=N3)C(c3ccc(C(=O)OCC[Si](C)(C)C)cc3)=c3ccc([nH]3)=CC3CC(C)(C)C(C=C4C=CC2=N4)N3)cc1. The van der Waals surface area contributed by atoms with Gasteiger partial charge in [0.15, 0.2) is 0 Å². The van der Waals surface area contributed by atoms with E-state index in [1.807, 2.05) is 24.3 Å². The summed E-state index contributed by atoms with van der Waals surface area (Å²) in [5.74, 6) is -0.283. The maximum atomic E-state index is 12.9. The van der Waals surface area contributed by atoms with Crippen LogP contribution < -0.4 is 16.0 Å². The Morgan fingerprint density at radius 1 is 0.854 bits per heavy atom. The van der Waals surface area contributed by atoms with Crippen molar-refractivity contribution in [3.05, 3.63) is 135 Å². The molecule has 1 aromatic heterocycles. The van der Waals surface area contributed by atoms with Crippen LogP contribution >= 0.6 is 0 Å². The zero-order valence-corrected chi connectivity index (χ0v) is 29.7. The molecule has 7 heteroatoms. The van der Waals surface area contributed by atoms with Gasteiger partial charge in [-0.1, -0.05) is 75.5 Å². The van der Waals surface area contributed by atoms with Crippen LogP contribution in [-0.4, -0.2) is 49.1 Å². The van der Waals surface area contributed by atoms with Gasteiger partial charge in [0, 0.05) is 42.0 Å². The second-order valence-corrected chi connectivity index (χ2v) is 20.8. The van der Waals surface area contributed by atoms with Gasteiger partial charge in [-0.25, -0.2) is 14.8 Å². The largest absolute Gasteiger partial charge is 0.462 e. The van der Waals surface area contributed by atoms with Gasteiger partial charge >= 0.3 is 5.97 Å². The minimum absolute atomic E-state index is 0.0593. The first-order valence-electron chi connectivity index (χ1n) is 16.9. The first-order chi connectivity index (χ1) is 22.9. The Balaban J connectivity index is 1.37. The Labute approximate surface area is 284 Å². The number of nitrogens with zero attached hydrogens (tertiary/aromatic N) is 2. The standard InChI is InChI=1S/C41H44N4O2Si/c1-26-7-9-27(10-8-26)38-34-18-16-31(43-34)24-37-41(2,3)25-32(44-37)23-30-15-17-33(42-30)39(36-20-19-35(38)45-36)28-11-13-29(14-12-28)40(46)47-21-22-48(4,5)6/h7-20,23-24,32,37,42,44H,21-22,25H2,1-6H3. The molecule has 0 saturated carbocycles. The summed E-state index contributed by atoms with van der Waals surface area (Å²) in [6.07, 6.45) is 14.0. The van der Waals surface area contributed by atoms with Crippen LogP contribution in [0.5, 0.6) is 0 Å². The van der Waals surface area contributed by atoms with Crippen molar-refractivity contribution in [2.45, 2.75) is 65.0 Å². The number of aliphatic imine (C=N–C) groups is 2. The number of fused-ring (bicyclic) bond motifs is 6. The minimum atomic E-state index is -1.29. The number of hydrogen-bond acceptors (Lipinski definition) is 5. The number of aromatic nitrogens is 1. The third-order valence-electron chi connectivity index (χ3n) is 9.58. The lowest BCUT2D eigenvalue weighted by Gasteiger charge is -2.23. The Morgan fingerprint density at radius 3 is 2.29 bits per heavy atom. The third kappa shape index (κ3) is 6.71. The normalized spacial score (nSPS) is 21.2. The van der Waals surface area contributed by atoms with Crippen LogP contribution in [0.3, 0.4) is 0 Å². The number of allylic oxidation sites excluding steroid dienone is 5. The van der Waals surface area contributed by atoms with Crippen molar-refractivity contribution in [3.63, 3.8) is 0 Å². The van der Waals surface area contributed by atoms with E-state index in [1.165, 1.54) is 5.56 Å². The van der Waals surface area contributed by atoms with Crippen LogP contribution in [0.2, 0.25) is 25.7 Å². The summed E-state index contributed by atoms with van der Waals surface area (Å²) < 4.78 is 5.63. The molecule has 4 aliphatic heterocycles. The number of benzene rings is 2. The number of rotatable bonds is 6. The maximum absolute atomic E-state index is 12.9. The average Bonchev–Trinajstić information content (AvgIpc) is 3.84. The highest BCUT2D eigenvalue weighted by Crippen LogP contribution is 2.37. The Hall–Kier alpha value is -4.59. The number of esters is 1. The van der Waals surface area contributed by atoms with Crippen LogP contribution in [-0.2, 0) is 4.74 Å². The molecule has 8 bridgehead atoms. The quantitative estimate of drug-likeness (QED) is 0.225.